The SMILES string of the molecule is C=CC(=O)Nc1cc(Nc2ncc(C(=O)OC(C)C)c(N3CC(C)(C)c4nc(C)ccc43)n2)c(OC2CC2)cc1N(C)CCN(C)C. The molecule has 0 radical (unpaired) electrons. The Kier molecular flexibility index (Phi) is 9.71. The Morgan fingerprint density at radius 1 is 1.13 bits per heavy atom. The third kappa shape index (κ3) is 7.82. The van der Waals surface area contributed by atoms with Gasteiger partial charge in [0.05, 0.1) is 40.7 Å². The van der Waals surface area contributed by atoms with Gasteiger partial charge < -0.3 is 34.8 Å². The van der Waals surface area contributed by atoms with E-state index < -0.39 is 5.97 Å². The molecule has 250 valence electrons. The van der Waals surface area contributed by atoms with Gasteiger partial charge in [0.25, 0.3) is 0 Å². The fraction of sp³-hybridized carbons (Fsp3) is 0.457. The molecule has 47 heavy (non-hydrogen) atoms. The third-order valence-electron chi connectivity index (χ3n) is 7.98. The Labute approximate surface area is 277 Å². The number of ether oxygens (including phenoxy) is 2. The van der Waals surface area contributed by atoms with Crippen LogP contribution >= 0.6 is 0 Å². The summed E-state index contributed by atoms with van der Waals surface area (Å²) < 4.78 is 12.0. The number of amides is 1. The number of nitrogens with zero attached hydrogens (tertiary/aromatic N) is 6. The Hall–Kier alpha value is -4.71. The average Bonchev–Trinajstić information content (AvgIpc) is 3.79. The lowest BCUT2D eigenvalue weighted by Gasteiger charge is -2.26. The highest BCUT2D eigenvalue weighted by atomic mass is 16.5. The second-order valence-electron chi connectivity index (χ2n) is 13.4. The van der Waals surface area contributed by atoms with E-state index >= 15 is 0 Å². The number of pyridine rings is 1. The van der Waals surface area contributed by atoms with Gasteiger partial charge in [0.2, 0.25) is 11.9 Å². The molecule has 1 amide bonds. The van der Waals surface area contributed by atoms with Crippen LogP contribution in [-0.2, 0) is 14.9 Å². The number of carbonyl (C=O) groups excluding carboxylic acids is 2. The van der Waals surface area contributed by atoms with Gasteiger partial charge in [-0.1, -0.05) is 20.4 Å². The zero-order valence-corrected chi connectivity index (χ0v) is 28.7. The summed E-state index contributed by atoms with van der Waals surface area (Å²) in [5.41, 5.74) is 4.64. The van der Waals surface area contributed by atoms with Crippen LogP contribution in [0.3, 0.4) is 0 Å². The zero-order valence-electron chi connectivity index (χ0n) is 28.7. The van der Waals surface area contributed by atoms with Crippen molar-refractivity contribution in [2.45, 2.75) is 65.1 Å². The van der Waals surface area contributed by atoms with Crippen molar-refractivity contribution in [1.82, 2.24) is 19.9 Å². The summed E-state index contributed by atoms with van der Waals surface area (Å²) in [6.45, 7) is 15.6. The molecule has 12 heteroatoms. The molecule has 2 aliphatic rings. The first-order chi connectivity index (χ1) is 22.2. The summed E-state index contributed by atoms with van der Waals surface area (Å²) in [7, 11) is 6.01. The van der Waals surface area contributed by atoms with Crippen molar-refractivity contribution in [2.75, 3.05) is 61.2 Å². The molecule has 3 aromatic rings. The molecule has 2 N–H and O–H groups in total. The van der Waals surface area contributed by atoms with Crippen LogP contribution in [0.15, 0.2) is 43.1 Å². The summed E-state index contributed by atoms with van der Waals surface area (Å²) in [6.07, 6.45) is 4.44. The van der Waals surface area contributed by atoms with E-state index in [9.17, 15) is 9.59 Å². The molecule has 3 heterocycles. The second-order valence-corrected chi connectivity index (χ2v) is 13.4. The lowest BCUT2D eigenvalue weighted by molar-refractivity contribution is -0.111. The number of esters is 1. The van der Waals surface area contributed by atoms with Crippen molar-refractivity contribution < 1.29 is 19.1 Å². The number of anilines is 6. The van der Waals surface area contributed by atoms with Gasteiger partial charge in [-0.2, -0.15) is 4.98 Å². The minimum absolute atomic E-state index is 0.105. The van der Waals surface area contributed by atoms with Crippen molar-refractivity contribution in [2.24, 2.45) is 0 Å². The van der Waals surface area contributed by atoms with E-state index in [1.54, 1.807) is 13.8 Å². The monoisotopic (exact) mass is 642 g/mol. The second kappa shape index (κ2) is 13.6. The van der Waals surface area contributed by atoms with Crippen LogP contribution in [0.25, 0.3) is 0 Å². The zero-order chi connectivity index (χ0) is 34.0. The number of aryl methyl sites for hydroxylation is 1. The number of nitrogens with one attached hydrogen (secondary N) is 2. The first-order valence-corrected chi connectivity index (χ1v) is 16.0. The summed E-state index contributed by atoms with van der Waals surface area (Å²) >= 11 is 0. The standard InChI is InChI=1S/C35H46N8O4/c1-10-30(44)38-25-17-26(29(47-23-12-13-23)18-28(25)42(9)16-15-41(7)8)39-34-36-19-24(33(45)46-21(2)3)32(40-34)43-20-35(5,6)31-27(43)14-11-22(4)37-31/h10-11,14,17-19,21,23H,1,12-13,15-16,20H2,2-9H3,(H,38,44)(H,36,39,40). The highest BCUT2D eigenvalue weighted by molar-refractivity contribution is 6.02. The summed E-state index contributed by atoms with van der Waals surface area (Å²) in [5.74, 6) is 0.430. The molecule has 2 aromatic heterocycles. The minimum Gasteiger partial charge on any atom is -0.488 e. The number of likely N-dealkylation sites (N-methyl/N-ethyl adjacent to an activating group) is 2. The predicted molar refractivity (Wildman–Crippen MR) is 186 cm³/mol. The summed E-state index contributed by atoms with van der Waals surface area (Å²) in [5, 5.41) is 6.28. The molecule has 1 aromatic carbocycles. The van der Waals surface area contributed by atoms with Gasteiger partial charge in [0, 0.05) is 50.1 Å². The van der Waals surface area contributed by atoms with Crippen molar-refractivity contribution in [3.05, 3.63) is 60.1 Å². The van der Waals surface area contributed by atoms with E-state index in [4.69, 9.17) is 19.4 Å². The number of hydrogen-bond donors (Lipinski definition) is 2. The first kappa shape index (κ1) is 33.6. The molecule has 1 aliphatic heterocycles. The topological polar surface area (TPSA) is 125 Å². The van der Waals surface area contributed by atoms with Crippen LogP contribution in [0.2, 0.25) is 0 Å². The van der Waals surface area contributed by atoms with Gasteiger partial charge in [-0.3, -0.25) is 9.78 Å². The predicted octanol–water partition coefficient (Wildman–Crippen LogP) is 5.58. The molecule has 0 spiro atoms. The van der Waals surface area contributed by atoms with Crippen molar-refractivity contribution >= 4 is 46.4 Å². The van der Waals surface area contributed by atoms with Gasteiger partial charge in [-0.25, -0.2) is 9.78 Å². The number of hydrogen-bond acceptors (Lipinski definition) is 11. The van der Waals surface area contributed by atoms with Crippen molar-refractivity contribution in [1.29, 1.82) is 0 Å². The molecular formula is C35H46N8O4. The van der Waals surface area contributed by atoms with Crippen molar-refractivity contribution in [3.63, 3.8) is 0 Å². The summed E-state index contributed by atoms with van der Waals surface area (Å²) in [6, 6.07) is 7.72. The number of benzene rings is 1. The Balaban J connectivity index is 1.59. The van der Waals surface area contributed by atoms with Gasteiger partial charge in [-0.15, -0.1) is 0 Å². The van der Waals surface area contributed by atoms with E-state index in [0.717, 1.165) is 48.7 Å². The lowest BCUT2D eigenvalue weighted by Crippen LogP contribution is -2.29. The minimum atomic E-state index is -0.509. The van der Waals surface area contributed by atoms with E-state index in [1.807, 2.05) is 57.2 Å². The summed E-state index contributed by atoms with van der Waals surface area (Å²) in [4.78, 5) is 46.4. The van der Waals surface area contributed by atoms with Crippen LogP contribution in [0.4, 0.5) is 34.5 Å². The number of fused-ring (bicyclic) bond motifs is 1. The highest BCUT2D eigenvalue weighted by Crippen LogP contribution is 2.45. The number of carbonyl (C=O) groups is 2. The molecule has 5 rings (SSSR count). The Morgan fingerprint density at radius 3 is 2.53 bits per heavy atom. The van der Waals surface area contributed by atoms with E-state index in [-0.39, 0.29) is 35.0 Å². The largest absolute Gasteiger partial charge is 0.488 e. The van der Waals surface area contributed by atoms with Crippen LogP contribution in [0.5, 0.6) is 5.75 Å². The van der Waals surface area contributed by atoms with Crippen LogP contribution in [0.1, 0.15) is 62.3 Å². The molecular weight excluding hydrogens is 596 g/mol. The Morgan fingerprint density at radius 2 is 1.87 bits per heavy atom. The number of aromatic nitrogens is 3. The molecule has 0 unspecified atom stereocenters. The number of rotatable bonds is 13. The van der Waals surface area contributed by atoms with E-state index in [0.29, 0.717) is 29.5 Å². The fourth-order valence-electron chi connectivity index (χ4n) is 5.39. The molecule has 0 bridgehead atoms. The van der Waals surface area contributed by atoms with Gasteiger partial charge in [-0.05, 0) is 72.0 Å². The van der Waals surface area contributed by atoms with Gasteiger partial charge in [0.15, 0.2) is 5.82 Å². The van der Waals surface area contributed by atoms with Crippen molar-refractivity contribution in [3.8, 4) is 5.75 Å². The average molecular weight is 643 g/mol. The van der Waals surface area contributed by atoms with E-state index in [1.165, 1.54) is 12.3 Å². The Bertz CT molecular complexity index is 1670. The van der Waals surface area contributed by atoms with Gasteiger partial charge in [0.1, 0.15) is 11.3 Å². The maximum Gasteiger partial charge on any atom is 0.343 e. The maximum atomic E-state index is 13.3. The third-order valence-corrected chi connectivity index (χ3v) is 7.98. The normalized spacial score (nSPS) is 15.0. The maximum absolute atomic E-state index is 13.3. The smallest absolute Gasteiger partial charge is 0.343 e. The first-order valence-electron chi connectivity index (χ1n) is 16.0. The lowest BCUT2D eigenvalue weighted by atomic mass is 9.91. The molecule has 1 fully saturated rings. The molecule has 12 nitrogen and oxygen atoms in total. The van der Waals surface area contributed by atoms with Crippen LogP contribution in [-0.4, -0.2) is 84.7 Å². The molecule has 1 saturated carbocycles. The molecule has 0 atom stereocenters. The van der Waals surface area contributed by atoms with Crippen LogP contribution < -0.4 is 25.2 Å². The fourth-order valence-corrected chi connectivity index (χ4v) is 5.39. The highest BCUT2D eigenvalue weighted by Gasteiger charge is 2.40. The quantitative estimate of drug-likeness (QED) is 0.179. The van der Waals surface area contributed by atoms with Crippen LogP contribution in [0, 0.1) is 6.92 Å². The molecule has 0 saturated heterocycles. The molecule has 1 aliphatic carbocycles. The van der Waals surface area contributed by atoms with E-state index in [2.05, 4.69) is 45.8 Å². The van der Waals surface area contributed by atoms with Gasteiger partial charge >= 0.3 is 5.97 Å².